The molecule has 1 aromatic rings. The number of Topliss-reactive ketones (excluding diaryl/α,β-unsaturated/α-hetero) is 1. The summed E-state index contributed by atoms with van der Waals surface area (Å²) in [5.74, 6) is -0.0401. The highest BCUT2D eigenvalue weighted by atomic mass is 16.4. The van der Waals surface area contributed by atoms with Crippen molar-refractivity contribution in [3.05, 3.63) is 52.6 Å². The number of carboxylic acid groups (broad SMARTS) is 1. The second-order valence-corrected chi connectivity index (χ2v) is 7.77. The van der Waals surface area contributed by atoms with Gasteiger partial charge < -0.3 is 10.0 Å². The minimum atomic E-state index is -1.02. The van der Waals surface area contributed by atoms with Gasteiger partial charge in [-0.1, -0.05) is 49.8 Å². The lowest BCUT2D eigenvalue weighted by molar-refractivity contribution is 0.0967. The highest BCUT2D eigenvalue weighted by Gasteiger charge is 2.26. The summed E-state index contributed by atoms with van der Waals surface area (Å²) in [7, 11) is 1.47. The fourth-order valence-electron chi connectivity index (χ4n) is 3.51. The topological polar surface area (TPSA) is 57.6 Å². The van der Waals surface area contributed by atoms with Crippen LogP contribution in [0.2, 0.25) is 0 Å². The maximum Gasteiger partial charge on any atom is 0.407 e. The number of hydrogen-bond donors (Lipinski definition) is 1. The van der Waals surface area contributed by atoms with E-state index in [0.29, 0.717) is 5.56 Å². The van der Waals surface area contributed by atoms with Gasteiger partial charge in [0.25, 0.3) is 0 Å². The summed E-state index contributed by atoms with van der Waals surface area (Å²) in [6, 6.07) is 7.53. The molecular formula is C22H29NO3. The molecule has 1 aliphatic carbocycles. The van der Waals surface area contributed by atoms with Crippen molar-refractivity contribution in [2.24, 2.45) is 5.41 Å². The molecule has 0 fully saturated rings. The Morgan fingerprint density at radius 2 is 2.00 bits per heavy atom. The van der Waals surface area contributed by atoms with Gasteiger partial charge in [-0.15, -0.1) is 0 Å². The minimum absolute atomic E-state index is 0.0401. The second-order valence-electron chi connectivity index (χ2n) is 7.77. The summed E-state index contributed by atoms with van der Waals surface area (Å²) in [5, 5.41) is 8.87. The van der Waals surface area contributed by atoms with Gasteiger partial charge in [0.05, 0.1) is 0 Å². The Balaban J connectivity index is 2.11. The zero-order valence-electron chi connectivity index (χ0n) is 16.2. The molecule has 1 amide bonds. The molecule has 0 unspecified atom stereocenters. The van der Waals surface area contributed by atoms with E-state index in [1.54, 1.807) is 6.07 Å². The summed E-state index contributed by atoms with van der Waals surface area (Å²) in [6.45, 7) is 6.98. The van der Waals surface area contributed by atoms with Crippen molar-refractivity contribution in [2.75, 3.05) is 13.6 Å². The van der Waals surface area contributed by atoms with Crippen LogP contribution < -0.4 is 0 Å². The van der Waals surface area contributed by atoms with E-state index in [1.807, 2.05) is 18.2 Å². The fraction of sp³-hybridized carbons (Fsp3) is 0.455. The third-order valence-electron chi connectivity index (χ3n) is 5.19. The number of amides is 1. The van der Waals surface area contributed by atoms with Crippen LogP contribution >= 0.6 is 0 Å². The van der Waals surface area contributed by atoms with Crippen molar-refractivity contribution in [1.82, 2.24) is 4.90 Å². The smallest absolute Gasteiger partial charge is 0.407 e. The largest absolute Gasteiger partial charge is 0.465 e. The van der Waals surface area contributed by atoms with Gasteiger partial charge in [0, 0.05) is 25.6 Å². The molecule has 2 rings (SSSR count). The quantitative estimate of drug-likeness (QED) is 0.694. The maximum absolute atomic E-state index is 12.3. The van der Waals surface area contributed by atoms with Gasteiger partial charge >= 0.3 is 6.09 Å². The number of nitrogens with zero attached hydrogens (tertiary/aromatic N) is 1. The normalized spacial score (nSPS) is 16.8. The minimum Gasteiger partial charge on any atom is -0.465 e. The highest BCUT2D eigenvalue weighted by Crippen LogP contribution is 2.40. The second kappa shape index (κ2) is 8.35. The summed E-state index contributed by atoms with van der Waals surface area (Å²) < 4.78 is 0. The first-order valence-electron chi connectivity index (χ1n) is 9.16. The number of carbonyl (C=O) groups is 2. The number of carbonyl (C=O) groups excluding carboxylic acids is 1. The van der Waals surface area contributed by atoms with E-state index in [4.69, 9.17) is 5.11 Å². The first kappa shape index (κ1) is 20.0. The SMILES string of the molecule is CC1=C(C=Cc2cccc(C(=O)CCN(C)C(=O)O)c2)C(C)(C)CCC1. The molecule has 0 heterocycles. The molecule has 1 aliphatic rings. The van der Waals surface area contributed by atoms with Crippen LogP contribution in [0.5, 0.6) is 0 Å². The van der Waals surface area contributed by atoms with E-state index in [0.717, 1.165) is 16.9 Å². The van der Waals surface area contributed by atoms with Crippen molar-refractivity contribution in [2.45, 2.75) is 46.5 Å². The zero-order valence-corrected chi connectivity index (χ0v) is 16.2. The van der Waals surface area contributed by atoms with Crippen LogP contribution in [-0.2, 0) is 0 Å². The van der Waals surface area contributed by atoms with Gasteiger partial charge in [-0.05, 0) is 48.8 Å². The van der Waals surface area contributed by atoms with Crippen LogP contribution in [0.15, 0.2) is 41.5 Å². The summed E-state index contributed by atoms with van der Waals surface area (Å²) in [5.41, 5.74) is 4.64. The van der Waals surface area contributed by atoms with Gasteiger partial charge in [-0.2, -0.15) is 0 Å². The number of rotatable bonds is 6. The molecule has 0 saturated heterocycles. The Labute approximate surface area is 156 Å². The van der Waals surface area contributed by atoms with E-state index < -0.39 is 6.09 Å². The Bertz CT molecular complexity index is 744. The lowest BCUT2D eigenvalue weighted by atomic mass is 9.72. The number of allylic oxidation sites excluding steroid dienone is 3. The van der Waals surface area contributed by atoms with E-state index in [2.05, 4.69) is 32.9 Å². The van der Waals surface area contributed by atoms with Crippen LogP contribution in [0.3, 0.4) is 0 Å². The van der Waals surface area contributed by atoms with Crippen molar-refractivity contribution in [1.29, 1.82) is 0 Å². The molecule has 0 bridgehead atoms. The van der Waals surface area contributed by atoms with Crippen molar-refractivity contribution < 1.29 is 14.7 Å². The van der Waals surface area contributed by atoms with Crippen molar-refractivity contribution >= 4 is 18.0 Å². The van der Waals surface area contributed by atoms with E-state index in [1.165, 1.54) is 31.0 Å². The first-order valence-corrected chi connectivity index (χ1v) is 9.16. The Hall–Kier alpha value is -2.36. The Morgan fingerprint density at radius 3 is 2.65 bits per heavy atom. The van der Waals surface area contributed by atoms with E-state index in [-0.39, 0.29) is 24.2 Å². The van der Waals surface area contributed by atoms with Crippen LogP contribution in [0.1, 0.15) is 62.4 Å². The van der Waals surface area contributed by atoms with Gasteiger partial charge in [0.2, 0.25) is 0 Å². The molecule has 0 aromatic heterocycles. The molecule has 1 aromatic carbocycles. The fourth-order valence-corrected chi connectivity index (χ4v) is 3.51. The molecule has 0 saturated carbocycles. The zero-order chi connectivity index (χ0) is 19.3. The molecule has 140 valence electrons. The van der Waals surface area contributed by atoms with Crippen LogP contribution in [0, 0.1) is 5.41 Å². The molecule has 0 atom stereocenters. The standard InChI is InChI=1S/C22H29NO3/c1-16-7-6-13-22(2,3)19(16)11-10-17-8-5-9-18(15-17)20(24)12-14-23(4)21(25)26/h5,8-11,15H,6-7,12-14H2,1-4H3,(H,25,26). The first-order chi connectivity index (χ1) is 12.2. The van der Waals surface area contributed by atoms with Gasteiger partial charge in [0.1, 0.15) is 0 Å². The molecule has 0 radical (unpaired) electrons. The van der Waals surface area contributed by atoms with E-state index in [9.17, 15) is 9.59 Å². The van der Waals surface area contributed by atoms with Crippen LogP contribution in [-0.4, -0.2) is 35.5 Å². The average Bonchev–Trinajstić information content (AvgIpc) is 2.58. The molecule has 0 aliphatic heterocycles. The molecule has 4 nitrogen and oxygen atoms in total. The Morgan fingerprint density at radius 1 is 1.27 bits per heavy atom. The molecular weight excluding hydrogens is 326 g/mol. The van der Waals surface area contributed by atoms with Crippen LogP contribution in [0.4, 0.5) is 4.79 Å². The third kappa shape index (κ3) is 5.07. The maximum atomic E-state index is 12.3. The number of benzene rings is 1. The van der Waals surface area contributed by atoms with Gasteiger partial charge in [0.15, 0.2) is 5.78 Å². The Kier molecular flexibility index (Phi) is 6.41. The molecule has 4 heteroatoms. The molecule has 1 N–H and O–H groups in total. The monoisotopic (exact) mass is 355 g/mol. The third-order valence-corrected chi connectivity index (χ3v) is 5.19. The average molecular weight is 355 g/mol. The predicted octanol–water partition coefficient (Wildman–Crippen LogP) is 5.41. The lowest BCUT2D eigenvalue weighted by Gasteiger charge is -2.32. The van der Waals surface area contributed by atoms with E-state index >= 15 is 0 Å². The highest BCUT2D eigenvalue weighted by molar-refractivity contribution is 5.96. The van der Waals surface area contributed by atoms with Gasteiger partial charge in [-0.3, -0.25) is 4.79 Å². The van der Waals surface area contributed by atoms with Crippen molar-refractivity contribution in [3.8, 4) is 0 Å². The number of hydrogen-bond acceptors (Lipinski definition) is 2. The summed E-state index contributed by atoms with van der Waals surface area (Å²) in [4.78, 5) is 24.3. The van der Waals surface area contributed by atoms with Gasteiger partial charge in [-0.25, -0.2) is 4.79 Å². The lowest BCUT2D eigenvalue weighted by Crippen LogP contribution is -2.27. The van der Waals surface area contributed by atoms with Crippen molar-refractivity contribution in [3.63, 3.8) is 0 Å². The number of ketones is 1. The molecule has 26 heavy (non-hydrogen) atoms. The van der Waals surface area contributed by atoms with Crippen LogP contribution in [0.25, 0.3) is 6.08 Å². The summed E-state index contributed by atoms with van der Waals surface area (Å²) >= 11 is 0. The molecule has 0 spiro atoms. The summed E-state index contributed by atoms with van der Waals surface area (Å²) in [6.07, 6.45) is 7.02. The predicted molar refractivity (Wildman–Crippen MR) is 105 cm³/mol.